The van der Waals surface area contributed by atoms with Gasteiger partial charge in [0.2, 0.25) is 0 Å². The fourth-order valence-corrected chi connectivity index (χ4v) is 1.51. The Morgan fingerprint density at radius 2 is 2.19 bits per heavy atom. The number of aromatic amines is 1. The van der Waals surface area contributed by atoms with Gasteiger partial charge in [0, 0.05) is 18.9 Å². The van der Waals surface area contributed by atoms with Crippen LogP contribution >= 0.6 is 0 Å². The monoisotopic (exact) mass is 224 g/mol. The molecule has 16 heavy (non-hydrogen) atoms. The Morgan fingerprint density at radius 3 is 2.69 bits per heavy atom. The van der Waals surface area contributed by atoms with E-state index < -0.39 is 5.60 Å². The van der Waals surface area contributed by atoms with Gasteiger partial charge in [-0.25, -0.2) is 5.10 Å². The highest BCUT2D eigenvalue weighted by atomic mass is 16.6. The van der Waals surface area contributed by atoms with Crippen LogP contribution in [0.3, 0.4) is 0 Å². The van der Waals surface area contributed by atoms with Crippen LogP contribution < -0.4 is 5.56 Å². The summed E-state index contributed by atoms with van der Waals surface area (Å²) in [5.41, 5.74) is 0.477. The van der Waals surface area contributed by atoms with Crippen molar-refractivity contribution >= 4 is 5.97 Å². The van der Waals surface area contributed by atoms with Gasteiger partial charge >= 0.3 is 5.97 Å². The van der Waals surface area contributed by atoms with Crippen LogP contribution in [0.2, 0.25) is 0 Å². The minimum absolute atomic E-state index is 0.200. The quantitative estimate of drug-likeness (QED) is 0.776. The van der Waals surface area contributed by atoms with Crippen LogP contribution in [0.5, 0.6) is 0 Å². The highest BCUT2D eigenvalue weighted by molar-refractivity contribution is 5.66. The molecule has 1 aromatic heterocycles. The molecule has 0 atom stereocenters. The first kappa shape index (κ1) is 12.4. The molecule has 0 unspecified atom stereocenters. The number of nitrogens with zero attached hydrogens (tertiary/aromatic N) is 1. The number of carbonyl (C=O) groups excluding carboxylic acids is 1. The fourth-order valence-electron chi connectivity index (χ4n) is 1.51. The lowest BCUT2D eigenvalue weighted by Gasteiger charge is -2.23. The molecule has 0 saturated carbocycles. The Labute approximate surface area is 93.8 Å². The zero-order chi connectivity index (χ0) is 12.3. The SMILES string of the molecule is CC(=O)OC(C)(C)Cc1cc(C)c(=O)[nH]n1. The van der Waals surface area contributed by atoms with E-state index in [1.165, 1.54) is 6.92 Å². The first-order valence-electron chi connectivity index (χ1n) is 5.05. The van der Waals surface area contributed by atoms with Gasteiger partial charge in [0.1, 0.15) is 5.60 Å². The Kier molecular flexibility index (Phi) is 3.47. The zero-order valence-corrected chi connectivity index (χ0v) is 9.96. The zero-order valence-electron chi connectivity index (χ0n) is 9.96. The highest BCUT2D eigenvalue weighted by Crippen LogP contribution is 2.15. The van der Waals surface area contributed by atoms with Gasteiger partial charge in [-0.2, -0.15) is 5.10 Å². The van der Waals surface area contributed by atoms with E-state index in [1.54, 1.807) is 26.8 Å². The summed E-state index contributed by atoms with van der Waals surface area (Å²) in [6, 6.07) is 1.70. The third kappa shape index (κ3) is 3.49. The summed E-state index contributed by atoms with van der Waals surface area (Å²) in [5, 5.41) is 6.30. The van der Waals surface area contributed by atoms with E-state index >= 15 is 0 Å². The van der Waals surface area contributed by atoms with Gasteiger partial charge in [-0.1, -0.05) is 0 Å². The van der Waals surface area contributed by atoms with Gasteiger partial charge in [-0.15, -0.1) is 0 Å². The Morgan fingerprint density at radius 1 is 1.56 bits per heavy atom. The van der Waals surface area contributed by atoms with E-state index in [4.69, 9.17) is 4.74 Å². The summed E-state index contributed by atoms with van der Waals surface area (Å²) in [6.07, 6.45) is 0.462. The average Bonchev–Trinajstić information content (AvgIpc) is 2.08. The number of hydrogen-bond acceptors (Lipinski definition) is 4. The average molecular weight is 224 g/mol. The molecule has 5 nitrogen and oxygen atoms in total. The van der Waals surface area contributed by atoms with Crippen LogP contribution in [0.4, 0.5) is 0 Å². The predicted octanol–water partition coefficient (Wildman–Crippen LogP) is 0.963. The summed E-state index contributed by atoms with van der Waals surface area (Å²) in [6.45, 7) is 6.68. The maximum Gasteiger partial charge on any atom is 0.303 e. The van der Waals surface area contributed by atoms with E-state index in [0.29, 0.717) is 17.7 Å². The molecule has 0 aliphatic heterocycles. The van der Waals surface area contributed by atoms with Crippen molar-refractivity contribution in [3.8, 4) is 0 Å². The number of nitrogens with one attached hydrogen (secondary N) is 1. The molecule has 0 spiro atoms. The summed E-state index contributed by atoms with van der Waals surface area (Å²) in [4.78, 5) is 22.0. The summed E-state index contributed by atoms with van der Waals surface area (Å²) >= 11 is 0. The number of ether oxygens (including phenoxy) is 1. The van der Waals surface area contributed by atoms with Gasteiger partial charge in [0.25, 0.3) is 5.56 Å². The van der Waals surface area contributed by atoms with Crippen molar-refractivity contribution in [1.82, 2.24) is 10.2 Å². The minimum atomic E-state index is -0.622. The summed E-state index contributed by atoms with van der Waals surface area (Å²) in [5.74, 6) is -0.328. The number of H-pyrrole nitrogens is 1. The maximum absolute atomic E-state index is 11.1. The van der Waals surface area contributed by atoms with Gasteiger partial charge < -0.3 is 4.74 Å². The summed E-state index contributed by atoms with van der Waals surface area (Å²) < 4.78 is 5.14. The molecule has 88 valence electrons. The largest absolute Gasteiger partial charge is 0.459 e. The molecule has 0 fully saturated rings. The van der Waals surface area contributed by atoms with Crippen LogP contribution in [0.1, 0.15) is 32.0 Å². The molecular weight excluding hydrogens is 208 g/mol. The first-order valence-corrected chi connectivity index (χ1v) is 5.05. The Hall–Kier alpha value is -1.65. The molecule has 0 radical (unpaired) electrons. The fraction of sp³-hybridized carbons (Fsp3) is 0.545. The lowest BCUT2D eigenvalue weighted by atomic mass is 10.0. The van der Waals surface area contributed by atoms with Gasteiger partial charge in [0.15, 0.2) is 0 Å². The smallest absolute Gasteiger partial charge is 0.303 e. The van der Waals surface area contributed by atoms with E-state index in [-0.39, 0.29) is 11.5 Å². The molecule has 0 bridgehead atoms. The third-order valence-electron chi connectivity index (χ3n) is 2.07. The topological polar surface area (TPSA) is 72.1 Å². The lowest BCUT2D eigenvalue weighted by molar-refractivity contribution is -0.153. The number of carbonyl (C=O) groups is 1. The lowest BCUT2D eigenvalue weighted by Crippen LogP contribution is -2.30. The molecule has 1 heterocycles. The number of esters is 1. The van der Waals surface area contributed by atoms with Crippen molar-refractivity contribution in [2.75, 3.05) is 0 Å². The normalized spacial score (nSPS) is 11.2. The van der Waals surface area contributed by atoms with E-state index in [1.807, 2.05) is 0 Å². The second kappa shape index (κ2) is 4.47. The molecule has 0 aliphatic rings. The van der Waals surface area contributed by atoms with Crippen LogP contribution in [0, 0.1) is 6.92 Å². The van der Waals surface area contributed by atoms with E-state index in [0.717, 1.165) is 0 Å². The van der Waals surface area contributed by atoms with Crippen LogP contribution in [0.25, 0.3) is 0 Å². The minimum Gasteiger partial charge on any atom is -0.459 e. The maximum atomic E-state index is 11.1. The molecule has 0 aromatic carbocycles. The van der Waals surface area contributed by atoms with Crippen molar-refractivity contribution in [2.24, 2.45) is 0 Å². The second-order valence-electron chi connectivity index (χ2n) is 4.40. The second-order valence-corrected chi connectivity index (χ2v) is 4.40. The predicted molar refractivity (Wildman–Crippen MR) is 59.1 cm³/mol. The molecule has 1 aromatic rings. The number of aromatic nitrogens is 2. The molecule has 1 rings (SSSR count). The third-order valence-corrected chi connectivity index (χ3v) is 2.07. The molecule has 5 heteroatoms. The van der Waals surface area contributed by atoms with Crippen molar-refractivity contribution in [3.63, 3.8) is 0 Å². The van der Waals surface area contributed by atoms with Crippen molar-refractivity contribution in [1.29, 1.82) is 0 Å². The first-order chi connectivity index (χ1) is 7.30. The number of aryl methyl sites for hydroxylation is 1. The Bertz CT molecular complexity index is 449. The van der Waals surface area contributed by atoms with Gasteiger partial charge in [-0.05, 0) is 26.8 Å². The Balaban J connectivity index is 2.83. The van der Waals surface area contributed by atoms with Crippen LogP contribution in [-0.2, 0) is 16.0 Å². The van der Waals surface area contributed by atoms with Crippen molar-refractivity contribution in [3.05, 3.63) is 27.7 Å². The standard InChI is InChI=1S/C11H16N2O3/c1-7-5-9(12-13-10(7)15)6-11(3,4)16-8(2)14/h5H,6H2,1-4H3,(H,13,15). The van der Waals surface area contributed by atoms with E-state index in [2.05, 4.69) is 10.2 Å². The molecule has 1 N–H and O–H groups in total. The highest BCUT2D eigenvalue weighted by Gasteiger charge is 2.22. The van der Waals surface area contributed by atoms with Gasteiger partial charge in [-0.3, -0.25) is 9.59 Å². The van der Waals surface area contributed by atoms with Gasteiger partial charge in [0.05, 0.1) is 5.69 Å². The molecule has 0 aliphatic carbocycles. The van der Waals surface area contributed by atoms with Crippen molar-refractivity contribution < 1.29 is 9.53 Å². The van der Waals surface area contributed by atoms with Crippen LogP contribution in [-0.4, -0.2) is 21.8 Å². The van der Waals surface area contributed by atoms with Crippen LogP contribution in [0.15, 0.2) is 10.9 Å². The molecule has 0 amide bonds. The summed E-state index contributed by atoms with van der Waals surface area (Å²) in [7, 11) is 0. The molecule has 0 saturated heterocycles. The number of hydrogen-bond donors (Lipinski definition) is 1. The number of rotatable bonds is 3. The van der Waals surface area contributed by atoms with Crippen molar-refractivity contribution in [2.45, 2.75) is 39.7 Å². The molecular formula is C11H16N2O3. The van der Waals surface area contributed by atoms with E-state index in [9.17, 15) is 9.59 Å².